The molecule has 0 spiro atoms. The summed E-state index contributed by atoms with van der Waals surface area (Å²) < 4.78 is 0. The minimum Gasteiger partial charge on any atom is -0.314 e. The van der Waals surface area contributed by atoms with Crippen molar-refractivity contribution in [1.29, 1.82) is 0 Å². The molecular formula is C16H24N2O2. The maximum atomic E-state index is 10.6. The average molecular weight is 276 g/mol. The highest BCUT2D eigenvalue weighted by molar-refractivity contribution is 5.32. The minimum absolute atomic E-state index is 0.166. The lowest BCUT2D eigenvalue weighted by Crippen LogP contribution is -2.35. The smallest absolute Gasteiger partial charge is 0.269 e. The van der Waals surface area contributed by atoms with Gasteiger partial charge in [-0.15, -0.1) is 0 Å². The number of nitrogens with one attached hydrogen (secondary N) is 1. The lowest BCUT2D eigenvalue weighted by atomic mass is 9.84. The van der Waals surface area contributed by atoms with Gasteiger partial charge in [-0.1, -0.05) is 38.3 Å². The van der Waals surface area contributed by atoms with Crippen molar-refractivity contribution < 1.29 is 4.92 Å². The van der Waals surface area contributed by atoms with E-state index in [2.05, 4.69) is 12.2 Å². The summed E-state index contributed by atoms with van der Waals surface area (Å²) in [4.78, 5) is 10.2. The summed E-state index contributed by atoms with van der Waals surface area (Å²) in [6.45, 7) is 3.24. The number of nitro benzene ring substituents is 1. The normalized spacial score (nSPS) is 22.6. The molecule has 1 saturated carbocycles. The third-order valence-corrected chi connectivity index (χ3v) is 4.35. The molecule has 1 aromatic rings. The van der Waals surface area contributed by atoms with Crippen LogP contribution in [-0.4, -0.2) is 17.5 Å². The van der Waals surface area contributed by atoms with Crippen molar-refractivity contribution in [3.63, 3.8) is 0 Å². The number of hydrogen-bond donors (Lipinski definition) is 1. The molecule has 0 bridgehead atoms. The molecule has 1 fully saturated rings. The molecule has 2 rings (SSSR count). The second kappa shape index (κ2) is 7.39. The first-order valence-corrected chi connectivity index (χ1v) is 7.65. The highest BCUT2D eigenvalue weighted by Gasteiger charge is 2.19. The zero-order valence-corrected chi connectivity index (χ0v) is 12.2. The Morgan fingerprint density at radius 1 is 1.30 bits per heavy atom. The zero-order valence-electron chi connectivity index (χ0n) is 12.2. The predicted octanol–water partition coefficient (Wildman–Crippen LogP) is 3.70. The fraction of sp³-hybridized carbons (Fsp3) is 0.625. The van der Waals surface area contributed by atoms with Crippen LogP contribution in [-0.2, 0) is 6.42 Å². The van der Waals surface area contributed by atoms with Gasteiger partial charge in [-0.25, -0.2) is 0 Å². The summed E-state index contributed by atoms with van der Waals surface area (Å²) in [5.41, 5.74) is 1.32. The number of nitro groups is 1. The monoisotopic (exact) mass is 276 g/mol. The molecular weight excluding hydrogens is 252 g/mol. The maximum absolute atomic E-state index is 10.6. The van der Waals surface area contributed by atoms with Crippen LogP contribution in [0.1, 0.15) is 44.6 Å². The fourth-order valence-electron chi connectivity index (χ4n) is 3.05. The van der Waals surface area contributed by atoms with E-state index in [0.717, 1.165) is 24.4 Å². The van der Waals surface area contributed by atoms with Gasteiger partial charge in [0.15, 0.2) is 0 Å². The first kappa shape index (κ1) is 15.0. The lowest BCUT2D eigenvalue weighted by molar-refractivity contribution is -0.384. The molecule has 0 radical (unpaired) electrons. The summed E-state index contributed by atoms with van der Waals surface area (Å²) in [7, 11) is 0. The minimum atomic E-state index is -0.352. The summed E-state index contributed by atoms with van der Waals surface area (Å²) in [5.74, 6) is 0.889. The van der Waals surface area contributed by atoms with Crippen molar-refractivity contribution in [2.75, 3.05) is 6.54 Å². The maximum Gasteiger partial charge on any atom is 0.269 e. The number of non-ortho nitro benzene ring substituents is 1. The van der Waals surface area contributed by atoms with E-state index in [1.807, 2.05) is 12.1 Å². The Morgan fingerprint density at radius 3 is 2.70 bits per heavy atom. The van der Waals surface area contributed by atoms with Gasteiger partial charge in [0.05, 0.1) is 4.92 Å². The molecule has 1 aliphatic carbocycles. The largest absolute Gasteiger partial charge is 0.314 e. The van der Waals surface area contributed by atoms with Crippen molar-refractivity contribution in [1.82, 2.24) is 5.32 Å². The van der Waals surface area contributed by atoms with Crippen LogP contribution in [0.25, 0.3) is 0 Å². The second-order valence-electron chi connectivity index (χ2n) is 5.77. The van der Waals surface area contributed by atoms with Crippen LogP contribution in [0, 0.1) is 16.0 Å². The molecule has 0 aliphatic heterocycles. The predicted molar refractivity (Wildman–Crippen MR) is 80.8 cm³/mol. The highest BCUT2D eigenvalue weighted by Crippen LogP contribution is 2.26. The molecule has 0 saturated heterocycles. The molecule has 0 aromatic heterocycles. The Balaban J connectivity index is 1.74. The van der Waals surface area contributed by atoms with Gasteiger partial charge in [0.2, 0.25) is 0 Å². The summed E-state index contributed by atoms with van der Waals surface area (Å²) >= 11 is 0. The molecule has 110 valence electrons. The van der Waals surface area contributed by atoms with Gasteiger partial charge in [-0.2, -0.15) is 0 Å². The van der Waals surface area contributed by atoms with Crippen LogP contribution in [0.3, 0.4) is 0 Å². The summed E-state index contributed by atoms with van der Waals surface area (Å²) in [6.07, 6.45) is 7.55. The molecule has 4 nitrogen and oxygen atoms in total. The first-order chi connectivity index (χ1) is 9.69. The molecule has 20 heavy (non-hydrogen) atoms. The quantitative estimate of drug-likeness (QED) is 0.636. The summed E-state index contributed by atoms with van der Waals surface area (Å²) in [6, 6.07) is 7.55. The highest BCUT2D eigenvalue weighted by atomic mass is 16.6. The van der Waals surface area contributed by atoms with E-state index in [9.17, 15) is 10.1 Å². The Kier molecular flexibility index (Phi) is 5.53. The number of rotatable bonds is 6. The van der Waals surface area contributed by atoms with Crippen LogP contribution in [0.5, 0.6) is 0 Å². The molecule has 2 atom stereocenters. The topological polar surface area (TPSA) is 55.2 Å². The van der Waals surface area contributed by atoms with Gasteiger partial charge in [0, 0.05) is 18.2 Å². The molecule has 0 heterocycles. The second-order valence-corrected chi connectivity index (χ2v) is 5.77. The molecule has 1 aliphatic rings. The van der Waals surface area contributed by atoms with Crippen LogP contribution >= 0.6 is 0 Å². The fourth-order valence-corrected chi connectivity index (χ4v) is 3.05. The van der Waals surface area contributed by atoms with Crippen LogP contribution in [0.4, 0.5) is 5.69 Å². The van der Waals surface area contributed by atoms with Crippen molar-refractivity contribution >= 4 is 5.69 Å². The van der Waals surface area contributed by atoms with E-state index in [0.29, 0.717) is 6.04 Å². The van der Waals surface area contributed by atoms with Crippen LogP contribution < -0.4 is 5.32 Å². The van der Waals surface area contributed by atoms with Crippen molar-refractivity contribution in [3.8, 4) is 0 Å². The third kappa shape index (κ3) is 4.30. The Labute approximate surface area is 120 Å². The number of benzene rings is 1. The molecule has 2 unspecified atom stereocenters. The van der Waals surface area contributed by atoms with Crippen LogP contribution in [0.15, 0.2) is 24.3 Å². The van der Waals surface area contributed by atoms with Crippen LogP contribution in [0.2, 0.25) is 0 Å². The van der Waals surface area contributed by atoms with Crippen molar-refractivity contribution in [2.45, 2.75) is 51.5 Å². The average Bonchev–Trinajstić information content (AvgIpc) is 2.48. The molecule has 4 heteroatoms. The van der Waals surface area contributed by atoms with Gasteiger partial charge < -0.3 is 5.32 Å². The molecule has 1 aromatic carbocycles. The van der Waals surface area contributed by atoms with Gasteiger partial charge >= 0.3 is 0 Å². The van der Waals surface area contributed by atoms with E-state index in [4.69, 9.17) is 0 Å². The van der Waals surface area contributed by atoms with E-state index in [-0.39, 0.29) is 10.6 Å². The van der Waals surface area contributed by atoms with Crippen molar-refractivity contribution in [2.24, 2.45) is 5.92 Å². The molecule has 0 amide bonds. The first-order valence-electron chi connectivity index (χ1n) is 7.65. The Bertz CT molecular complexity index is 431. The Morgan fingerprint density at radius 2 is 2.05 bits per heavy atom. The Hall–Kier alpha value is -1.42. The van der Waals surface area contributed by atoms with E-state index in [1.54, 1.807) is 12.1 Å². The van der Waals surface area contributed by atoms with Gasteiger partial charge in [-0.05, 0) is 37.3 Å². The summed E-state index contributed by atoms with van der Waals surface area (Å²) in [5, 5.41) is 14.2. The van der Waals surface area contributed by atoms with E-state index < -0.39 is 0 Å². The SMILES string of the molecule is CCC1CCCC(NCCc2ccc([N+](=O)[O-])cc2)C1. The van der Waals surface area contributed by atoms with E-state index >= 15 is 0 Å². The third-order valence-electron chi connectivity index (χ3n) is 4.35. The van der Waals surface area contributed by atoms with Gasteiger partial charge in [-0.3, -0.25) is 10.1 Å². The number of nitrogens with zero attached hydrogens (tertiary/aromatic N) is 1. The standard InChI is InChI=1S/C16H24N2O2/c1-2-13-4-3-5-15(12-13)17-11-10-14-6-8-16(9-7-14)18(19)20/h6-9,13,15,17H,2-5,10-12H2,1H3. The van der Waals surface area contributed by atoms with Crippen molar-refractivity contribution in [3.05, 3.63) is 39.9 Å². The van der Waals surface area contributed by atoms with Gasteiger partial charge in [0.25, 0.3) is 5.69 Å². The van der Waals surface area contributed by atoms with E-state index in [1.165, 1.54) is 32.1 Å². The lowest BCUT2D eigenvalue weighted by Gasteiger charge is -2.29. The molecule has 1 N–H and O–H groups in total. The zero-order chi connectivity index (χ0) is 14.4. The van der Waals surface area contributed by atoms with Gasteiger partial charge in [0.1, 0.15) is 0 Å². The number of hydrogen-bond acceptors (Lipinski definition) is 3.